The number of nitrogens with two attached hydrogens (primary N) is 1. The van der Waals surface area contributed by atoms with Crippen LogP contribution in [0.15, 0.2) is 35.6 Å². The number of aliphatic imine (C=N–C) groups is 1. The number of nitrogens with one attached hydrogen (secondary N) is 1. The summed E-state index contributed by atoms with van der Waals surface area (Å²) < 4.78 is 39.7. The molecular weight excluding hydrogens is 447 g/mol. The van der Waals surface area contributed by atoms with Gasteiger partial charge in [-0.1, -0.05) is 0 Å². The summed E-state index contributed by atoms with van der Waals surface area (Å²) in [5, 5.41) is 3.13. The van der Waals surface area contributed by atoms with Gasteiger partial charge in [-0.05, 0) is 38.0 Å². The molecule has 0 aliphatic carbocycles. The van der Waals surface area contributed by atoms with Crippen LogP contribution in [0.3, 0.4) is 0 Å². The normalized spacial score (nSPS) is 15.3. The summed E-state index contributed by atoms with van der Waals surface area (Å²) in [6.07, 6.45) is 1.54. The number of aryl methyl sites for hydroxylation is 1. The minimum atomic E-state index is -4.61. The molecule has 11 heteroatoms. The third-order valence-electron chi connectivity index (χ3n) is 5.90. The van der Waals surface area contributed by atoms with Gasteiger partial charge >= 0.3 is 6.18 Å². The molecule has 0 spiro atoms. The third-order valence-corrected chi connectivity index (χ3v) is 5.90. The molecule has 3 aromatic heterocycles. The molecule has 4 heterocycles. The van der Waals surface area contributed by atoms with Crippen molar-refractivity contribution < 1.29 is 18.0 Å². The molecule has 0 saturated carbocycles. The van der Waals surface area contributed by atoms with Crippen LogP contribution in [-0.2, 0) is 11.0 Å². The molecule has 0 bridgehead atoms. The first-order valence-electron chi connectivity index (χ1n) is 10.8. The highest BCUT2D eigenvalue weighted by atomic mass is 19.4. The lowest BCUT2D eigenvalue weighted by Crippen LogP contribution is -2.38. The first-order chi connectivity index (χ1) is 16.1. The summed E-state index contributed by atoms with van der Waals surface area (Å²) in [6, 6.07) is 4.38. The van der Waals surface area contributed by atoms with Gasteiger partial charge in [-0.25, -0.2) is 9.97 Å². The summed E-state index contributed by atoms with van der Waals surface area (Å²) in [4.78, 5) is 30.4. The van der Waals surface area contributed by atoms with Gasteiger partial charge in [0, 0.05) is 37.3 Å². The van der Waals surface area contributed by atoms with Gasteiger partial charge in [0.25, 0.3) is 0 Å². The zero-order valence-electron chi connectivity index (χ0n) is 18.7. The zero-order valence-corrected chi connectivity index (χ0v) is 18.7. The number of piperidine rings is 1. The molecule has 1 aliphatic heterocycles. The lowest BCUT2D eigenvalue weighted by molar-refractivity contribution is -0.137. The Morgan fingerprint density at radius 2 is 1.97 bits per heavy atom. The Hall–Kier alpha value is -3.76. The molecule has 0 atom stereocenters. The third kappa shape index (κ3) is 4.92. The molecule has 0 radical (unpaired) electrons. The van der Waals surface area contributed by atoms with E-state index in [1.807, 2.05) is 11.8 Å². The van der Waals surface area contributed by atoms with E-state index in [2.05, 4.69) is 25.3 Å². The number of hydrogen-bond donors (Lipinski definition) is 2. The van der Waals surface area contributed by atoms with Crippen molar-refractivity contribution in [2.75, 3.05) is 24.1 Å². The number of carbonyl (C=O) groups is 1. The summed E-state index contributed by atoms with van der Waals surface area (Å²) in [7, 11) is 0. The van der Waals surface area contributed by atoms with Gasteiger partial charge in [-0.3, -0.25) is 14.8 Å². The van der Waals surface area contributed by atoms with Gasteiger partial charge in [0.15, 0.2) is 0 Å². The van der Waals surface area contributed by atoms with Gasteiger partial charge < -0.3 is 16.0 Å². The number of nitrogen functional groups attached to an aromatic ring is 1. The number of likely N-dealkylation sites (tertiary alicyclic amines) is 1. The maximum atomic E-state index is 13.2. The molecule has 178 valence electrons. The molecule has 8 nitrogen and oxygen atoms in total. The van der Waals surface area contributed by atoms with E-state index >= 15 is 0 Å². The Kier molecular flexibility index (Phi) is 6.36. The van der Waals surface area contributed by atoms with E-state index < -0.39 is 17.6 Å². The number of halogens is 3. The first kappa shape index (κ1) is 23.4. The number of alkyl halides is 3. The quantitative estimate of drug-likeness (QED) is 0.439. The van der Waals surface area contributed by atoms with Crippen molar-refractivity contribution in [1.82, 2.24) is 19.9 Å². The number of nitrogens with zero attached hydrogens (tertiary/aromatic N) is 5. The van der Waals surface area contributed by atoms with Gasteiger partial charge in [-0.15, -0.1) is 0 Å². The summed E-state index contributed by atoms with van der Waals surface area (Å²) in [5.74, 6) is -0.498. The summed E-state index contributed by atoms with van der Waals surface area (Å²) in [6.45, 7) is 4.80. The Bertz CT molecular complexity index is 1250. The molecular formula is C23H24F3N7O. The van der Waals surface area contributed by atoms with Crippen LogP contribution in [0, 0.1) is 6.92 Å². The van der Waals surface area contributed by atoms with Crippen LogP contribution in [0.2, 0.25) is 0 Å². The van der Waals surface area contributed by atoms with Gasteiger partial charge in [-0.2, -0.15) is 13.2 Å². The average Bonchev–Trinajstić information content (AvgIpc) is 2.80. The fourth-order valence-corrected chi connectivity index (χ4v) is 3.88. The Labute approximate surface area is 194 Å². The fraction of sp³-hybridized carbons (Fsp3) is 0.348. The molecule has 0 aromatic carbocycles. The summed E-state index contributed by atoms with van der Waals surface area (Å²) in [5.41, 5.74) is 7.58. The monoisotopic (exact) mass is 471 g/mol. The van der Waals surface area contributed by atoms with Crippen molar-refractivity contribution >= 4 is 34.8 Å². The van der Waals surface area contributed by atoms with E-state index in [0.717, 1.165) is 24.5 Å². The Morgan fingerprint density at radius 1 is 1.24 bits per heavy atom. The minimum Gasteiger partial charge on any atom is -0.383 e. The SMILES string of the molecule is CC(=O)N1CCC(N=CNc2cnc3ccc(-c4cnc(N)c(C(F)(F)F)c4)nc3c2C)CC1. The van der Waals surface area contributed by atoms with Crippen LogP contribution in [0.4, 0.5) is 24.7 Å². The van der Waals surface area contributed by atoms with Crippen molar-refractivity contribution in [3.05, 3.63) is 41.7 Å². The van der Waals surface area contributed by atoms with Gasteiger partial charge in [0.2, 0.25) is 5.91 Å². The predicted octanol–water partition coefficient (Wildman–Crippen LogP) is 4.05. The number of rotatable bonds is 4. The van der Waals surface area contributed by atoms with E-state index in [4.69, 9.17) is 5.73 Å². The van der Waals surface area contributed by atoms with Crippen molar-refractivity contribution in [2.24, 2.45) is 4.99 Å². The van der Waals surface area contributed by atoms with E-state index in [9.17, 15) is 18.0 Å². The number of fused-ring (bicyclic) bond motifs is 1. The lowest BCUT2D eigenvalue weighted by Gasteiger charge is -2.29. The Morgan fingerprint density at radius 3 is 2.65 bits per heavy atom. The average molecular weight is 471 g/mol. The molecule has 1 fully saturated rings. The number of anilines is 2. The van der Waals surface area contributed by atoms with Crippen LogP contribution in [0.5, 0.6) is 0 Å². The van der Waals surface area contributed by atoms with Crippen molar-refractivity contribution in [1.29, 1.82) is 0 Å². The highest BCUT2D eigenvalue weighted by Crippen LogP contribution is 2.35. The fourth-order valence-electron chi connectivity index (χ4n) is 3.88. The number of aromatic nitrogens is 3. The van der Waals surface area contributed by atoms with E-state index in [-0.39, 0.29) is 17.5 Å². The van der Waals surface area contributed by atoms with Crippen LogP contribution < -0.4 is 11.1 Å². The second-order valence-corrected chi connectivity index (χ2v) is 8.18. The van der Waals surface area contributed by atoms with Crippen LogP contribution in [0.1, 0.15) is 30.9 Å². The van der Waals surface area contributed by atoms with E-state index in [1.54, 1.807) is 31.6 Å². The Balaban J connectivity index is 1.55. The second-order valence-electron chi connectivity index (χ2n) is 8.18. The second kappa shape index (κ2) is 9.24. The minimum absolute atomic E-state index is 0.0784. The van der Waals surface area contributed by atoms with Crippen molar-refractivity contribution in [3.8, 4) is 11.3 Å². The maximum Gasteiger partial charge on any atom is 0.419 e. The molecule has 4 rings (SSSR count). The number of hydrogen-bond acceptors (Lipinski definition) is 6. The molecule has 3 N–H and O–H groups in total. The zero-order chi connectivity index (χ0) is 24.5. The molecule has 1 aliphatic rings. The number of amides is 1. The van der Waals surface area contributed by atoms with Crippen molar-refractivity contribution in [3.63, 3.8) is 0 Å². The van der Waals surface area contributed by atoms with Crippen LogP contribution >= 0.6 is 0 Å². The molecule has 34 heavy (non-hydrogen) atoms. The topological polar surface area (TPSA) is 109 Å². The first-order valence-corrected chi connectivity index (χ1v) is 10.8. The number of carbonyl (C=O) groups excluding carboxylic acids is 1. The molecule has 1 saturated heterocycles. The van der Waals surface area contributed by atoms with Gasteiger partial charge in [0.1, 0.15) is 5.82 Å². The summed E-state index contributed by atoms with van der Waals surface area (Å²) >= 11 is 0. The van der Waals surface area contributed by atoms with Crippen molar-refractivity contribution in [2.45, 2.75) is 38.9 Å². The van der Waals surface area contributed by atoms with E-state index in [0.29, 0.717) is 35.5 Å². The predicted molar refractivity (Wildman–Crippen MR) is 124 cm³/mol. The smallest absolute Gasteiger partial charge is 0.383 e. The van der Waals surface area contributed by atoms with Gasteiger partial charge in [0.05, 0.1) is 46.6 Å². The highest BCUT2D eigenvalue weighted by Gasteiger charge is 2.34. The molecule has 1 amide bonds. The highest BCUT2D eigenvalue weighted by molar-refractivity contribution is 5.88. The van der Waals surface area contributed by atoms with E-state index in [1.165, 1.54) is 6.20 Å². The maximum absolute atomic E-state index is 13.2. The largest absolute Gasteiger partial charge is 0.419 e. The van der Waals surface area contributed by atoms with Crippen LogP contribution in [-0.4, -0.2) is 51.2 Å². The number of pyridine rings is 3. The molecule has 0 unspecified atom stereocenters. The van der Waals surface area contributed by atoms with Crippen LogP contribution in [0.25, 0.3) is 22.3 Å². The lowest BCUT2D eigenvalue weighted by atomic mass is 10.1. The standard InChI is InChI=1S/C23H24F3N7O/c1-13-20(31-12-30-16-5-7-33(8-6-16)14(2)34)11-28-19-4-3-18(32-21(13)19)15-9-17(23(24,25)26)22(27)29-10-15/h3-4,9-12,16H,5-8H2,1-2H3,(H2,27,29)(H,30,31). The molecule has 3 aromatic rings.